The normalized spacial score (nSPS) is 19.6. The molecule has 2 rings (SSSR count). The molecule has 5 heteroatoms. The van der Waals surface area contributed by atoms with E-state index in [1.54, 1.807) is 24.3 Å². The largest absolute Gasteiger partial charge is 0.349 e. The number of carbonyl (C=O) groups excluding carboxylic acids is 3. The van der Waals surface area contributed by atoms with E-state index in [0.29, 0.717) is 17.4 Å². The Kier molecular flexibility index (Phi) is 2.21. The molecular weight excluding hydrogens is 198 g/mol. The molecule has 1 aromatic carbocycles. The summed E-state index contributed by atoms with van der Waals surface area (Å²) in [5.41, 5.74) is 2.99. The number of hydrogen-bond acceptors (Lipinski definition) is 4. The molecule has 0 bridgehead atoms. The van der Waals surface area contributed by atoms with E-state index in [4.69, 9.17) is 0 Å². The quantitative estimate of drug-likeness (QED) is 0.551. The first-order valence-corrected chi connectivity index (χ1v) is 4.28. The first kappa shape index (κ1) is 9.39. The standard InChI is InChI=1S/C10H7NO4/c12-5-6-1-3-7(4-2-6)8-9(13)11-15-10(8)14/h1-5,8H,(H,11,13). The van der Waals surface area contributed by atoms with Crippen LogP contribution in [0.4, 0.5) is 0 Å². The van der Waals surface area contributed by atoms with E-state index >= 15 is 0 Å². The number of benzene rings is 1. The van der Waals surface area contributed by atoms with Gasteiger partial charge in [0.2, 0.25) is 0 Å². The van der Waals surface area contributed by atoms with Crippen molar-refractivity contribution in [3.05, 3.63) is 35.4 Å². The lowest BCUT2D eigenvalue weighted by molar-refractivity contribution is -0.144. The predicted octanol–water partition coefficient (Wildman–Crippen LogP) is 0.171. The fourth-order valence-electron chi connectivity index (χ4n) is 1.38. The van der Waals surface area contributed by atoms with Gasteiger partial charge in [-0.05, 0) is 5.56 Å². The molecule has 1 atom stereocenters. The molecule has 15 heavy (non-hydrogen) atoms. The highest BCUT2D eigenvalue weighted by atomic mass is 16.7. The molecule has 1 aliphatic heterocycles. The van der Waals surface area contributed by atoms with Gasteiger partial charge in [0.25, 0.3) is 5.91 Å². The average Bonchev–Trinajstić information content (AvgIpc) is 2.59. The van der Waals surface area contributed by atoms with E-state index in [2.05, 4.69) is 4.84 Å². The second-order valence-electron chi connectivity index (χ2n) is 3.10. The Hall–Kier alpha value is -2.17. The zero-order valence-corrected chi connectivity index (χ0v) is 7.60. The molecule has 1 heterocycles. The lowest BCUT2D eigenvalue weighted by Crippen LogP contribution is -2.17. The fraction of sp³-hybridized carbons (Fsp3) is 0.100. The topological polar surface area (TPSA) is 72.5 Å². The van der Waals surface area contributed by atoms with Gasteiger partial charge in [-0.25, -0.2) is 4.79 Å². The first-order valence-electron chi connectivity index (χ1n) is 4.28. The van der Waals surface area contributed by atoms with Crippen LogP contribution < -0.4 is 5.48 Å². The van der Waals surface area contributed by atoms with Crippen LogP contribution in [0.2, 0.25) is 0 Å². The zero-order chi connectivity index (χ0) is 10.8. The van der Waals surface area contributed by atoms with Gasteiger partial charge >= 0.3 is 5.97 Å². The molecule has 1 aliphatic rings. The van der Waals surface area contributed by atoms with E-state index in [0.717, 1.165) is 0 Å². The Morgan fingerprint density at radius 1 is 1.20 bits per heavy atom. The molecule has 1 amide bonds. The summed E-state index contributed by atoms with van der Waals surface area (Å²) in [4.78, 5) is 37.2. The molecule has 1 N–H and O–H groups in total. The molecule has 1 fully saturated rings. The van der Waals surface area contributed by atoms with Crippen molar-refractivity contribution < 1.29 is 19.2 Å². The molecule has 76 valence electrons. The molecule has 0 aromatic heterocycles. The number of nitrogens with one attached hydrogen (secondary N) is 1. The van der Waals surface area contributed by atoms with Gasteiger partial charge in [0.05, 0.1) is 0 Å². The summed E-state index contributed by atoms with van der Waals surface area (Å²) in [6, 6.07) is 6.20. The average molecular weight is 205 g/mol. The summed E-state index contributed by atoms with van der Waals surface area (Å²) in [5.74, 6) is -2.04. The number of aldehydes is 1. The van der Waals surface area contributed by atoms with Crippen molar-refractivity contribution in [2.75, 3.05) is 0 Å². The maximum Gasteiger partial charge on any atom is 0.349 e. The van der Waals surface area contributed by atoms with Gasteiger partial charge in [0.15, 0.2) is 5.92 Å². The van der Waals surface area contributed by atoms with Crippen molar-refractivity contribution in [1.29, 1.82) is 0 Å². The number of hydrogen-bond donors (Lipinski definition) is 1. The van der Waals surface area contributed by atoms with Gasteiger partial charge in [-0.2, -0.15) is 5.48 Å². The third-order valence-corrected chi connectivity index (χ3v) is 2.16. The minimum Gasteiger partial charge on any atom is -0.339 e. The van der Waals surface area contributed by atoms with Gasteiger partial charge in [-0.15, -0.1) is 0 Å². The number of amides is 1. The van der Waals surface area contributed by atoms with E-state index in [-0.39, 0.29) is 0 Å². The van der Waals surface area contributed by atoms with Crippen LogP contribution >= 0.6 is 0 Å². The third kappa shape index (κ3) is 1.59. The monoisotopic (exact) mass is 205 g/mol. The maximum absolute atomic E-state index is 11.2. The lowest BCUT2D eigenvalue weighted by Gasteiger charge is -2.02. The van der Waals surface area contributed by atoms with E-state index in [9.17, 15) is 14.4 Å². The zero-order valence-electron chi connectivity index (χ0n) is 7.60. The van der Waals surface area contributed by atoms with Crippen molar-refractivity contribution in [3.63, 3.8) is 0 Å². The Labute approximate surface area is 85.0 Å². The summed E-state index contributed by atoms with van der Waals surface area (Å²) in [5, 5.41) is 0. The first-order chi connectivity index (χ1) is 7.22. The summed E-state index contributed by atoms with van der Waals surface area (Å²) in [7, 11) is 0. The molecule has 1 aromatic rings. The summed E-state index contributed by atoms with van der Waals surface area (Å²) in [6.07, 6.45) is 0.691. The molecule has 1 saturated heterocycles. The van der Waals surface area contributed by atoms with Crippen LogP contribution in [0.1, 0.15) is 21.8 Å². The second kappa shape index (κ2) is 3.53. The molecule has 5 nitrogen and oxygen atoms in total. The van der Waals surface area contributed by atoms with Crippen LogP contribution in [0, 0.1) is 0 Å². The number of carbonyl (C=O) groups is 3. The summed E-state index contributed by atoms with van der Waals surface area (Å²) in [6.45, 7) is 0. The Balaban J connectivity index is 2.32. The van der Waals surface area contributed by atoms with Gasteiger partial charge in [-0.3, -0.25) is 9.59 Å². The van der Waals surface area contributed by atoms with Crippen molar-refractivity contribution in [3.8, 4) is 0 Å². The van der Waals surface area contributed by atoms with E-state index < -0.39 is 17.8 Å². The highest BCUT2D eigenvalue weighted by Gasteiger charge is 2.36. The van der Waals surface area contributed by atoms with Crippen molar-refractivity contribution >= 4 is 18.2 Å². The van der Waals surface area contributed by atoms with Crippen LogP contribution in [0.25, 0.3) is 0 Å². The third-order valence-electron chi connectivity index (χ3n) is 2.16. The molecular formula is C10H7NO4. The van der Waals surface area contributed by atoms with Crippen LogP contribution in [-0.4, -0.2) is 18.2 Å². The molecule has 0 saturated carbocycles. The van der Waals surface area contributed by atoms with Crippen LogP contribution in [0.3, 0.4) is 0 Å². The van der Waals surface area contributed by atoms with Gasteiger partial charge in [-0.1, -0.05) is 24.3 Å². The predicted molar refractivity (Wildman–Crippen MR) is 48.8 cm³/mol. The highest BCUT2D eigenvalue weighted by molar-refractivity contribution is 6.06. The molecule has 0 radical (unpaired) electrons. The fourth-order valence-corrected chi connectivity index (χ4v) is 1.38. The summed E-state index contributed by atoms with van der Waals surface area (Å²) >= 11 is 0. The van der Waals surface area contributed by atoms with Crippen molar-refractivity contribution in [1.82, 2.24) is 5.48 Å². The SMILES string of the molecule is O=Cc1ccc(C2C(=O)NOC2=O)cc1. The lowest BCUT2D eigenvalue weighted by atomic mass is 9.98. The van der Waals surface area contributed by atoms with Crippen LogP contribution in [-0.2, 0) is 14.4 Å². The van der Waals surface area contributed by atoms with Gasteiger partial charge < -0.3 is 4.84 Å². The Morgan fingerprint density at radius 2 is 1.87 bits per heavy atom. The Bertz CT molecular complexity index is 408. The van der Waals surface area contributed by atoms with E-state index in [1.807, 2.05) is 5.48 Å². The van der Waals surface area contributed by atoms with Gasteiger partial charge in [0.1, 0.15) is 6.29 Å². The van der Waals surface area contributed by atoms with Crippen LogP contribution in [0.5, 0.6) is 0 Å². The van der Waals surface area contributed by atoms with Gasteiger partial charge in [0, 0.05) is 5.56 Å². The van der Waals surface area contributed by atoms with Crippen molar-refractivity contribution in [2.24, 2.45) is 0 Å². The number of rotatable bonds is 2. The second-order valence-corrected chi connectivity index (χ2v) is 3.10. The maximum atomic E-state index is 11.2. The molecule has 0 aliphatic carbocycles. The minimum atomic E-state index is -0.925. The molecule has 1 unspecified atom stereocenters. The summed E-state index contributed by atoms with van der Waals surface area (Å²) < 4.78 is 0. The smallest absolute Gasteiger partial charge is 0.339 e. The molecule has 0 spiro atoms. The van der Waals surface area contributed by atoms with Crippen molar-refractivity contribution in [2.45, 2.75) is 5.92 Å². The Morgan fingerprint density at radius 3 is 2.33 bits per heavy atom. The number of hydroxylamine groups is 1. The van der Waals surface area contributed by atoms with E-state index in [1.165, 1.54) is 0 Å². The minimum absolute atomic E-state index is 0.487. The van der Waals surface area contributed by atoms with Crippen LogP contribution in [0.15, 0.2) is 24.3 Å². The highest BCUT2D eigenvalue weighted by Crippen LogP contribution is 2.21.